The Hall–Kier alpha value is -1.19. The molecular formula is C15H23NO2. The molecule has 0 fully saturated rings. The number of nitrogens with zero attached hydrogens (tertiary/aromatic N) is 1. The van der Waals surface area contributed by atoms with Gasteiger partial charge >= 0.3 is 0 Å². The summed E-state index contributed by atoms with van der Waals surface area (Å²) in [5.41, 5.74) is 1.95. The van der Waals surface area contributed by atoms with Gasteiger partial charge in [0.2, 0.25) is 0 Å². The van der Waals surface area contributed by atoms with E-state index in [1.807, 2.05) is 43.1 Å². The quantitative estimate of drug-likeness (QED) is 0.567. The summed E-state index contributed by atoms with van der Waals surface area (Å²) in [6.45, 7) is 3.63. The molecule has 0 aliphatic rings. The number of hydrogen-bond acceptors (Lipinski definition) is 3. The molecule has 0 heterocycles. The molecule has 0 aliphatic carbocycles. The van der Waals surface area contributed by atoms with Crippen LogP contribution in [0.15, 0.2) is 24.3 Å². The van der Waals surface area contributed by atoms with E-state index in [1.165, 1.54) is 5.56 Å². The van der Waals surface area contributed by atoms with Gasteiger partial charge in [-0.3, -0.25) is 9.69 Å². The maximum absolute atomic E-state index is 12.0. The smallest absolute Gasteiger partial charge is 0.176 e. The molecule has 1 aromatic rings. The zero-order valence-electron chi connectivity index (χ0n) is 11.4. The number of aliphatic hydroxyl groups excluding tert-OH is 1. The SMILES string of the molecule is Cc1ccc(C(=O)CN(C)CCCCCO)cc1. The summed E-state index contributed by atoms with van der Waals surface area (Å²) in [5, 5.41) is 8.68. The van der Waals surface area contributed by atoms with E-state index in [4.69, 9.17) is 5.11 Å². The molecule has 100 valence electrons. The average molecular weight is 249 g/mol. The number of likely N-dealkylation sites (N-methyl/N-ethyl adjacent to an activating group) is 1. The van der Waals surface area contributed by atoms with Crippen molar-refractivity contribution in [3.8, 4) is 0 Å². The molecule has 1 aromatic carbocycles. The number of hydrogen-bond donors (Lipinski definition) is 1. The summed E-state index contributed by atoms with van der Waals surface area (Å²) in [6, 6.07) is 7.71. The molecule has 0 saturated carbocycles. The molecule has 0 atom stereocenters. The second kappa shape index (κ2) is 8.01. The highest BCUT2D eigenvalue weighted by atomic mass is 16.2. The van der Waals surface area contributed by atoms with E-state index in [1.54, 1.807) is 0 Å². The van der Waals surface area contributed by atoms with Gasteiger partial charge < -0.3 is 5.11 Å². The molecule has 3 nitrogen and oxygen atoms in total. The lowest BCUT2D eigenvalue weighted by Gasteiger charge is -2.15. The largest absolute Gasteiger partial charge is 0.396 e. The second-order valence-corrected chi connectivity index (χ2v) is 4.81. The Kier molecular flexibility index (Phi) is 6.61. The van der Waals surface area contributed by atoms with Crippen LogP contribution in [0.2, 0.25) is 0 Å². The summed E-state index contributed by atoms with van der Waals surface area (Å²) in [4.78, 5) is 14.0. The topological polar surface area (TPSA) is 40.5 Å². The highest BCUT2D eigenvalue weighted by Crippen LogP contribution is 2.05. The van der Waals surface area contributed by atoms with Crippen molar-refractivity contribution in [2.45, 2.75) is 26.2 Å². The molecule has 0 amide bonds. The highest BCUT2D eigenvalue weighted by Gasteiger charge is 2.08. The Morgan fingerprint density at radius 3 is 2.44 bits per heavy atom. The predicted octanol–water partition coefficient (Wildman–Crippen LogP) is 2.27. The van der Waals surface area contributed by atoms with Crippen molar-refractivity contribution in [2.24, 2.45) is 0 Å². The fraction of sp³-hybridized carbons (Fsp3) is 0.533. The summed E-state index contributed by atoms with van der Waals surface area (Å²) >= 11 is 0. The number of aliphatic hydroxyl groups is 1. The maximum Gasteiger partial charge on any atom is 0.176 e. The van der Waals surface area contributed by atoms with Gasteiger partial charge in [0.05, 0.1) is 6.54 Å². The molecule has 0 bridgehead atoms. The second-order valence-electron chi connectivity index (χ2n) is 4.81. The van der Waals surface area contributed by atoms with Gasteiger partial charge in [-0.05, 0) is 39.8 Å². The van der Waals surface area contributed by atoms with Crippen molar-refractivity contribution in [2.75, 3.05) is 26.7 Å². The molecule has 18 heavy (non-hydrogen) atoms. The number of ketones is 1. The molecule has 1 N–H and O–H groups in total. The number of aryl methyl sites for hydroxylation is 1. The number of benzene rings is 1. The van der Waals surface area contributed by atoms with Crippen LogP contribution in [0.25, 0.3) is 0 Å². The first kappa shape index (κ1) is 14.9. The fourth-order valence-electron chi connectivity index (χ4n) is 1.83. The minimum absolute atomic E-state index is 0.166. The van der Waals surface area contributed by atoms with E-state index in [2.05, 4.69) is 0 Å². The molecule has 0 spiro atoms. The van der Waals surface area contributed by atoms with E-state index in [-0.39, 0.29) is 12.4 Å². The molecule has 0 unspecified atom stereocenters. The van der Waals surface area contributed by atoms with E-state index < -0.39 is 0 Å². The van der Waals surface area contributed by atoms with E-state index in [0.717, 1.165) is 31.4 Å². The molecule has 0 radical (unpaired) electrons. The van der Waals surface area contributed by atoms with Crippen LogP contribution in [0.3, 0.4) is 0 Å². The van der Waals surface area contributed by atoms with E-state index in [9.17, 15) is 4.79 Å². The first-order chi connectivity index (χ1) is 8.63. The number of carbonyl (C=O) groups is 1. The zero-order chi connectivity index (χ0) is 13.4. The minimum atomic E-state index is 0.166. The Labute approximate surface area is 109 Å². The van der Waals surface area contributed by atoms with Crippen molar-refractivity contribution in [1.82, 2.24) is 4.90 Å². The summed E-state index contributed by atoms with van der Waals surface area (Å²) in [6.07, 6.45) is 2.89. The average Bonchev–Trinajstić information content (AvgIpc) is 2.35. The third kappa shape index (κ3) is 5.43. The highest BCUT2D eigenvalue weighted by molar-refractivity contribution is 5.97. The molecule has 0 aromatic heterocycles. The number of carbonyl (C=O) groups excluding carboxylic acids is 1. The summed E-state index contributed by atoms with van der Waals surface area (Å²) < 4.78 is 0. The molecule has 0 saturated heterocycles. The molecule has 3 heteroatoms. The maximum atomic E-state index is 12.0. The number of rotatable bonds is 8. The van der Waals surface area contributed by atoms with Gasteiger partial charge in [0.25, 0.3) is 0 Å². The third-order valence-electron chi connectivity index (χ3n) is 2.99. The van der Waals surface area contributed by atoms with Crippen molar-refractivity contribution < 1.29 is 9.90 Å². The number of unbranched alkanes of at least 4 members (excludes halogenated alkanes) is 2. The van der Waals surface area contributed by atoms with Gasteiger partial charge in [-0.1, -0.05) is 29.8 Å². The van der Waals surface area contributed by atoms with Gasteiger partial charge in [0, 0.05) is 12.2 Å². The Morgan fingerprint density at radius 2 is 1.83 bits per heavy atom. The normalized spacial score (nSPS) is 10.9. The van der Waals surface area contributed by atoms with Crippen molar-refractivity contribution in [3.05, 3.63) is 35.4 Å². The molecular weight excluding hydrogens is 226 g/mol. The van der Waals surface area contributed by atoms with Gasteiger partial charge in [-0.25, -0.2) is 0 Å². The van der Waals surface area contributed by atoms with E-state index in [0.29, 0.717) is 6.54 Å². The van der Waals surface area contributed by atoms with E-state index >= 15 is 0 Å². The lowest BCUT2D eigenvalue weighted by Crippen LogP contribution is -2.27. The zero-order valence-corrected chi connectivity index (χ0v) is 11.4. The Balaban J connectivity index is 2.33. The summed E-state index contributed by atoms with van der Waals surface area (Å²) in [7, 11) is 1.96. The van der Waals surface area contributed by atoms with Gasteiger partial charge in [-0.15, -0.1) is 0 Å². The van der Waals surface area contributed by atoms with Gasteiger partial charge in [-0.2, -0.15) is 0 Å². The van der Waals surface area contributed by atoms with Crippen LogP contribution in [0.4, 0.5) is 0 Å². The standard InChI is InChI=1S/C15H23NO2/c1-13-6-8-14(9-7-13)15(18)12-16(2)10-4-3-5-11-17/h6-9,17H,3-5,10-12H2,1-2H3. The predicted molar refractivity (Wildman–Crippen MR) is 73.9 cm³/mol. The lowest BCUT2D eigenvalue weighted by molar-refractivity contribution is 0.0945. The van der Waals surface area contributed by atoms with Crippen LogP contribution < -0.4 is 0 Å². The van der Waals surface area contributed by atoms with Crippen molar-refractivity contribution >= 4 is 5.78 Å². The van der Waals surface area contributed by atoms with Crippen LogP contribution in [0, 0.1) is 6.92 Å². The first-order valence-corrected chi connectivity index (χ1v) is 6.52. The van der Waals surface area contributed by atoms with Crippen LogP contribution in [-0.2, 0) is 0 Å². The first-order valence-electron chi connectivity index (χ1n) is 6.52. The molecule has 0 aliphatic heterocycles. The van der Waals surface area contributed by atoms with Crippen molar-refractivity contribution in [3.63, 3.8) is 0 Å². The van der Waals surface area contributed by atoms with Crippen LogP contribution in [0.1, 0.15) is 35.2 Å². The Bertz CT molecular complexity index is 359. The lowest BCUT2D eigenvalue weighted by atomic mass is 10.1. The van der Waals surface area contributed by atoms with Crippen LogP contribution >= 0.6 is 0 Å². The monoisotopic (exact) mass is 249 g/mol. The Morgan fingerprint density at radius 1 is 1.17 bits per heavy atom. The van der Waals surface area contributed by atoms with Crippen LogP contribution in [-0.4, -0.2) is 42.5 Å². The third-order valence-corrected chi connectivity index (χ3v) is 2.99. The van der Waals surface area contributed by atoms with Gasteiger partial charge in [0.1, 0.15) is 0 Å². The molecule has 1 rings (SSSR count). The van der Waals surface area contributed by atoms with Crippen LogP contribution in [0.5, 0.6) is 0 Å². The van der Waals surface area contributed by atoms with Gasteiger partial charge in [0.15, 0.2) is 5.78 Å². The number of Topliss-reactive ketones (excluding diaryl/α,β-unsaturated/α-hetero) is 1. The summed E-state index contributed by atoms with van der Waals surface area (Å²) in [5.74, 6) is 0.166. The van der Waals surface area contributed by atoms with Crippen molar-refractivity contribution in [1.29, 1.82) is 0 Å². The fourth-order valence-corrected chi connectivity index (χ4v) is 1.83. The minimum Gasteiger partial charge on any atom is -0.396 e.